The van der Waals surface area contributed by atoms with E-state index >= 15 is 0 Å². The van der Waals surface area contributed by atoms with Crippen LogP contribution < -0.4 is 15.5 Å². The van der Waals surface area contributed by atoms with Crippen molar-refractivity contribution in [3.63, 3.8) is 0 Å². The Labute approximate surface area is 171 Å². The number of hydrogen-bond donors (Lipinski definition) is 3. The molecule has 29 heavy (non-hydrogen) atoms. The van der Waals surface area contributed by atoms with Gasteiger partial charge >= 0.3 is 0 Å². The highest BCUT2D eigenvalue weighted by molar-refractivity contribution is 6.36. The number of H-pyrrole nitrogens is 1. The zero-order valence-electron chi connectivity index (χ0n) is 17.2. The van der Waals surface area contributed by atoms with Crippen LogP contribution in [0.15, 0.2) is 12.1 Å². The molecule has 0 unspecified atom stereocenters. The number of anilines is 4. The first-order chi connectivity index (χ1) is 14.1. The Hall–Kier alpha value is -2.33. The monoisotopic (exact) mass is 396 g/mol. The van der Waals surface area contributed by atoms with Crippen molar-refractivity contribution in [2.45, 2.75) is 51.1 Å². The van der Waals surface area contributed by atoms with Gasteiger partial charge in [-0.1, -0.05) is 6.92 Å². The van der Waals surface area contributed by atoms with Gasteiger partial charge in [-0.2, -0.15) is 15.1 Å². The van der Waals surface area contributed by atoms with Crippen molar-refractivity contribution in [2.24, 2.45) is 0 Å². The van der Waals surface area contributed by atoms with Crippen molar-refractivity contribution in [3.05, 3.63) is 17.8 Å². The maximum absolute atomic E-state index is 5.51. The van der Waals surface area contributed by atoms with Crippen LogP contribution in [0.25, 0.3) is 0 Å². The van der Waals surface area contributed by atoms with Crippen molar-refractivity contribution in [1.82, 2.24) is 25.0 Å². The quantitative estimate of drug-likeness (QED) is 0.655. The molecule has 5 rings (SSSR count). The molecule has 9 nitrogen and oxygen atoms in total. The summed E-state index contributed by atoms with van der Waals surface area (Å²) >= 11 is 0. The van der Waals surface area contributed by atoms with E-state index < -0.39 is 0 Å². The molecule has 3 aliphatic heterocycles. The summed E-state index contributed by atoms with van der Waals surface area (Å²) in [6.07, 6.45) is 3.60. The van der Waals surface area contributed by atoms with Crippen LogP contribution >= 0.6 is 0 Å². The lowest BCUT2D eigenvalue weighted by Gasteiger charge is -2.51. The van der Waals surface area contributed by atoms with Gasteiger partial charge in [0.05, 0.1) is 13.2 Å². The molecule has 0 spiro atoms. The van der Waals surface area contributed by atoms with E-state index in [1.807, 2.05) is 19.1 Å². The minimum atomic E-state index is 0.409. The van der Waals surface area contributed by atoms with E-state index in [-0.39, 0.29) is 0 Å². The normalized spacial score (nSPS) is 27.0. The number of piperidine rings is 1. The molecular formula is C19H29BN8O. The second-order valence-corrected chi connectivity index (χ2v) is 8.44. The largest absolute Gasteiger partial charge is 0.378 e. The fraction of sp³-hybridized carbons (Fsp3) is 0.632. The second-order valence-electron chi connectivity index (χ2n) is 8.44. The van der Waals surface area contributed by atoms with Crippen molar-refractivity contribution in [1.29, 1.82) is 0 Å². The van der Waals surface area contributed by atoms with Crippen molar-refractivity contribution in [3.8, 4) is 0 Å². The van der Waals surface area contributed by atoms with E-state index in [1.165, 1.54) is 13.7 Å². The Bertz CT molecular complexity index is 846. The Morgan fingerprint density at radius 3 is 2.72 bits per heavy atom. The van der Waals surface area contributed by atoms with Crippen molar-refractivity contribution in [2.75, 3.05) is 41.8 Å². The Morgan fingerprint density at radius 2 is 2.03 bits per heavy atom. The summed E-state index contributed by atoms with van der Waals surface area (Å²) in [5, 5.41) is 14.2. The van der Waals surface area contributed by atoms with Gasteiger partial charge in [-0.05, 0) is 38.2 Å². The number of aryl methyl sites for hydroxylation is 1. The average Bonchev–Trinajstić information content (AvgIpc) is 3.09. The number of nitrogens with zero attached hydrogens (tertiary/aromatic N) is 5. The molecule has 10 heteroatoms. The third kappa shape index (κ3) is 4.04. The van der Waals surface area contributed by atoms with Crippen LogP contribution in [-0.4, -0.2) is 76.8 Å². The van der Waals surface area contributed by atoms with Crippen LogP contribution in [-0.2, 0) is 4.74 Å². The van der Waals surface area contributed by atoms with E-state index in [2.05, 4.69) is 37.5 Å². The second kappa shape index (κ2) is 7.83. The molecule has 3 fully saturated rings. The molecule has 2 aromatic rings. The van der Waals surface area contributed by atoms with E-state index in [4.69, 9.17) is 14.7 Å². The Morgan fingerprint density at radius 1 is 1.17 bits per heavy atom. The average molecular weight is 396 g/mol. The third-order valence-electron chi connectivity index (χ3n) is 6.28. The Balaban J connectivity index is 1.37. The zero-order chi connectivity index (χ0) is 19.8. The summed E-state index contributed by atoms with van der Waals surface area (Å²) in [7, 11) is 1.25. The highest BCUT2D eigenvalue weighted by Crippen LogP contribution is 2.33. The predicted molar refractivity (Wildman–Crippen MR) is 115 cm³/mol. The lowest BCUT2D eigenvalue weighted by atomic mass is 9.63. The summed E-state index contributed by atoms with van der Waals surface area (Å²) < 4.78 is 5.51. The molecule has 0 aliphatic carbocycles. The molecule has 0 saturated carbocycles. The van der Waals surface area contributed by atoms with Gasteiger partial charge in [-0.3, -0.25) is 5.10 Å². The molecule has 3 aliphatic rings. The fourth-order valence-electron chi connectivity index (χ4n) is 4.70. The molecule has 0 radical (unpaired) electrons. The SMILES string of the molecule is Cc1cc(Nc2cc(N3CCOCC3)nc(N[C@H]3C[C@@H]4CBN4[C@H](C)C3)n2)n[nH]1. The summed E-state index contributed by atoms with van der Waals surface area (Å²) in [5.41, 5.74) is 1.01. The molecule has 5 heterocycles. The van der Waals surface area contributed by atoms with Gasteiger partial charge in [0, 0.05) is 37.0 Å². The number of rotatable bonds is 5. The molecule has 3 atom stereocenters. The molecule has 2 aromatic heterocycles. The number of fused-ring (bicyclic) bond motifs is 1. The van der Waals surface area contributed by atoms with E-state index in [0.717, 1.165) is 62.3 Å². The van der Waals surface area contributed by atoms with Crippen molar-refractivity contribution >= 4 is 30.8 Å². The van der Waals surface area contributed by atoms with E-state index in [9.17, 15) is 0 Å². The number of aromatic amines is 1. The number of aromatic nitrogens is 4. The van der Waals surface area contributed by atoms with E-state index in [0.29, 0.717) is 24.1 Å². The topological polar surface area (TPSA) is 94.2 Å². The summed E-state index contributed by atoms with van der Waals surface area (Å²) in [5.74, 6) is 3.13. The first kappa shape index (κ1) is 18.7. The van der Waals surface area contributed by atoms with E-state index in [1.54, 1.807) is 0 Å². The number of nitrogens with one attached hydrogen (secondary N) is 3. The number of ether oxygens (including phenoxy) is 1. The maximum Gasteiger partial charge on any atom is 0.226 e. The fourth-order valence-corrected chi connectivity index (χ4v) is 4.70. The number of hydrogen-bond acceptors (Lipinski definition) is 8. The summed E-state index contributed by atoms with van der Waals surface area (Å²) in [6.45, 7) is 7.46. The standard InChI is InChI=1S/C19H29BN8O/c1-12-7-17(26-25-12)22-16-10-18(27-3-5-29-6-4-27)24-19(23-16)21-14-8-13(2)28-15(9-14)11-20-28/h7,10,13-15,20H,3-6,8-9,11H2,1-2H3,(H3,21,22,23,24,25,26)/t13-,14-,15-/m1/s1. The summed E-state index contributed by atoms with van der Waals surface area (Å²) in [4.78, 5) is 14.5. The molecule has 0 amide bonds. The highest BCUT2D eigenvalue weighted by atomic mass is 16.5. The van der Waals surface area contributed by atoms with Crippen LogP contribution in [0.2, 0.25) is 6.32 Å². The van der Waals surface area contributed by atoms with Gasteiger partial charge in [-0.25, -0.2) is 0 Å². The molecule has 3 saturated heterocycles. The highest BCUT2D eigenvalue weighted by Gasteiger charge is 2.39. The van der Waals surface area contributed by atoms with Crippen LogP contribution in [0.4, 0.5) is 23.4 Å². The Kier molecular flexibility index (Phi) is 5.05. The van der Waals surface area contributed by atoms with Gasteiger partial charge in [0.1, 0.15) is 11.6 Å². The lowest BCUT2D eigenvalue weighted by Crippen LogP contribution is -2.60. The van der Waals surface area contributed by atoms with Gasteiger partial charge in [0.25, 0.3) is 0 Å². The van der Waals surface area contributed by atoms with Gasteiger partial charge in [0.2, 0.25) is 13.4 Å². The first-order valence-electron chi connectivity index (χ1n) is 10.7. The van der Waals surface area contributed by atoms with Crippen LogP contribution in [0.1, 0.15) is 25.5 Å². The molecule has 0 bridgehead atoms. The predicted octanol–water partition coefficient (Wildman–Crippen LogP) is 1.51. The third-order valence-corrected chi connectivity index (χ3v) is 6.28. The number of morpholine rings is 1. The van der Waals surface area contributed by atoms with Gasteiger partial charge < -0.3 is 25.1 Å². The minimum absolute atomic E-state index is 0.409. The lowest BCUT2D eigenvalue weighted by molar-refractivity contribution is 0.122. The molecule has 0 aromatic carbocycles. The van der Waals surface area contributed by atoms with Crippen LogP contribution in [0.3, 0.4) is 0 Å². The molecule has 154 valence electrons. The minimum Gasteiger partial charge on any atom is -0.378 e. The van der Waals surface area contributed by atoms with Crippen LogP contribution in [0.5, 0.6) is 0 Å². The molecule has 3 N–H and O–H groups in total. The zero-order valence-corrected chi connectivity index (χ0v) is 17.2. The summed E-state index contributed by atoms with van der Waals surface area (Å²) in [6, 6.07) is 5.71. The molecular weight excluding hydrogens is 367 g/mol. The van der Waals surface area contributed by atoms with Crippen LogP contribution in [0, 0.1) is 6.92 Å². The van der Waals surface area contributed by atoms with Gasteiger partial charge in [0.15, 0.2) is 5.82 Å². The first-order valence-corrected chi connectivity index (χ1v) is 10.7. The van der Waals surface area contributed by atoms with Gasteiger partial charge in [-0.15, -0.1) is 0 Å². The smallest absolute Gasteiger partial charge is 0.226 e. The maximum atomic E-state index is 5.51. The van der Waals surface area contributed by atoms with Crippen molar-refractivity contribution < 1.29 is 4.74 Å².